The first-order valence-electron chi connectivity index (χ1n) is 6.68. The van der Waals surface area contributed by atoms with E-state index in [0.717, 1.165) is 24.8 Å². The van der Waals surface area contributed by atoms with Crippen molar-refractivity contribution in [1.82, 2.24) is 10.3 Å². The highest BCUT2D eigenvalue weighted by Gasteiger charge is 2.27. The summed E-state index contributed by atoms with van der Waals surface area (Å²) < 4.78 is 0. The van der Waals surface area contributed by atoms with E-state index in [1.54, 1.807) is 6.20 Å². The second kappa shape index (κ2) is 5.85. The van der Waals surface area contributed by atoms with Gasteiger partial charge >= 0.3 is 0 Å². The summed E-state index contributed by atoms with van der Waals surface area (Å²) >= 11 is 0. The average molecular weight is 247 g/mol. The van der Waals surface area contributed by atoms with Gasteiger partial charge in [0, 0.05) is 19.3 Å². The quantitative estimate of drug-likeness (QED) is 0.811. The van der Waals surface area contributed by atoms with Crippen LogP contribution in [0.15, 0.2) is 18.3 Å². The molecule has 1 amide bonds. The van der Waals surface area contributed by atoms with Gasteiger partial charge in [-0.15, -0.1) is 0 Å². The molecule has 0 aromatic carbocycles. The first-order chi connectivity index (χ1) is 8.70. The van der Waals surface area contributed by atoms with Crippen molar-refractivity contribution in [1.29, 1.82) is 0 Å². The first-order valence-corrected chi connectivity index (χ1v) is 6.68. The Balaban J connectivity index is 1.83. The molecule has 2 rings (SSSR count). The van der Waals surface area contributed by atoms with E-state index >= 15 is 0 Å². The van der Waals surface area contributed by atoms with Crippen LogP contribution in [0, 0.1) is 11.8 Å². The minimum absolute atomic E-state index is 0.0296. The van der Waals surface area contributed by atoms with Gasteiger partial charge in [-0.2, -0.15) is 0 Å². The van der Waals surface area contributed by atoms with Gasteiger partial charge in [0.05, 0.1) is 5.56 Å². The molecule has 0 bridgehead atoms. The van der Waals surface area contributed by atoms with Crippen molar-refractivity contribution in [3.05, 3.63) is 23.9 Å². The molecule has 1 aromatic rings. The van der Waals surface area contributed by atoms with Crippen molar-refractivity contribution < 1.29 is 4.79 Å². The van der Waals surface area contributed by atoms with Crippen molar-refractivity contribution >= 4 is 11.7 Å². The van der Waals surface area contributed by atoms with Crippen LogP contribution in [-0.2, 0) is 0 Å². The number of carbonyl (C=O) groups excluding carboxylic acids is 1. The molecule has 1 unspecified atom stereocenters. The Kier molecular flexibility index (Phi) is 4.18. The lowest BCUT2D eigenvalue weighted by Gasteiger charge is -2.11. The molecule has 98 valence electrons. The summed E-state index contributed by atoms with van der Waals surface area (Å²) in [5.41, 5.74) is 0.625. The minimum Gasteiger partial charge on any atom is -0.370 e. The SMILES string of the molecule is CCNc1ccc(C(=O)NCC(C)C2CC2)cn1. The van der Waals surface area contributed by atoms with E-state index in [0.29, 0.717) is 11.5 Å². The molecule has 4 nitrogen and oxygen atoms in total. The van der Waals surface area contributed by atoms with Crippen molar-refractivity contribution in [3.8, 4) is 0 Å². The number of aromatic nitrogens is 1. The molecule has 0 radical (unpaired) electrons. The molecule has 1 atom stereocenters. The molecule has 0 saturated heterocycles. The lowest BCUT2D eigenvalue weighted by atomic mass is 10.1. The van der Waals surface area contributed by atoms with Crippen molar-refractivity contribution in [2.75, 3.05) is 18.4 Å². The fourth-order valence-electron chi connectivity index (χ4n) is 2.00. The monoisotopic (exact) mass is 247 g/mol. The number of hydrogen-bond donors (Lipinski definition) is 2. The van der Waals surface area contributed by atoms with Crippen LogP contribution in [0.4, 0.5) is 5.82 Å². The Hall–Kier alpha value is -1.58. The molecule has 1 heterocycles. The lowest BCUT2D eigenvalue weighted by molar-refractivity contribution is 0.0946. The fourth-order valence-corrected chi connectivity index (χ4v) is 2.00. The highest BCUT2D eigenvalue weighted by molar-refractivity contribution is 5.94. The standard InChI is InChI=1S/C14H21N3O/c1-3-15-13-7-6-12(9-16-13)14(18)17-8-10(2)11-4-5-11/h6-7,9-11H,3-5,8H2,1-2H3,(H,15,16)(H,17,18). The molecular formula is C14H21N3O. The molecule has 0 aliphatic heterocycles. The molecule has 0 spiro atoms. The second-order valence-corrected chi connectivity index (χ2v) is 4.99. The van der Waals surface area contributed by atoms with Crippen LogP contribution in [0.25, 0.3) is 0 Å². The molecule has 1 fully saturated rings. The van der Waals surface area contributed by atoms with Crippen LogP contribution < -0.4 is 10.6 Å². The van der Waals surface area contributed by atoms with Crippen LogP contribution in [0.3, 0.4) is 0 Å². The van der Waals surface area contributed by atoms with Gasteiger partial charge in [-0.25, -0.2) is 4.98 Å². The number of rotatable bonds is 6. The first kappa shape index (κ1) is 12.9. The molecule has 2 N–H and O–H groups in total. The van der Waals surface area contributed by atoms with Crippen molar-refractivity contribution in [3.63, 3.8) is 0 Å². The summed E-state index contributed by atoms with van der Waals surface area (Å²) in [7, 11) is 0. The Morgan fingerprint density at radius 2 is 2.28 bits per heavy atom. The largest absolute Gasteiger partial charge is 0.370 e. The Morgan fingerprint density at radius 3 is 2.83 bits per heavy atom. The van der Waals surface area contributed by atoms with Gasteiger partial charge < -0.3 is 10.6 Å². The van der Waals surface area contributed by atoms with Crippen LogP contribution in [0.2, 0.25) is 0 Å². The van der Waals surface area contributed by atoms with E-state index in [4.69, 9.17) is 0 Å². The maximum absolute atomic E-state index is 11.9. The van der Waals surface area contributed by atoms with Crippen LogP contribution >= 0.6 is 0 Å². The van der Waals surface area contributed by atoms with Crippen LogP contribution in [-0.4, -0.2) is 24.0 Å². The molecule has 1 aromatic heterocycles. The third kappa shape index (κ3) is 3.45. The summed E-state index contributed by atoms with van der Waals surface area (Å²) in [6, 6.07) is 3.64. The van der Waals surface area contributed by atoms with Gasteiger partial charge in [-0.05, 0) is 43.7 Å². The number of anilines is 1. The molecule has 18 heavy (non-hydrogen) atoms. The predicted molar refractivity (Wildman–Crippen MR) is 72.6 cm³/mol. The van der Waals surface area contributed by atoms with E-state index in [9.17, 15) is 4.79 Å². The Bertz CT molecular complexity index is 398. The van der Waals surface area contributed by atoms with E-state index in [2.05, 4.69) is 22.5 Å². The Labute approximate surface area is 108 Å². The number of carbonyl (C=O) groups is 1. The maximum atomic E-state index is 11.9. The number of nitrogens with zero attached hydrogens (tertiary/aromatic N) is 1. The van der Waals surface area contributed by atoms with Crippen molar-refractivity contribution in [2.45, 2.75) is 26.7 Å². The highest BCUT2D eigenvalue weighted by Crippen LogP contribution is 2.36. The smallest absolute Gasteiger partial charge is 0.252 e. The summed E-state index contributed by atoms with van der Waals surface area (Å²) in [6.45, 7) is 5.81. The third-order valence-corrected chi connectivity index (χ3v) is 3.39. The van der Waals surface area contributed by atoms with Gasteiger partial charge in [0.15, 0.2) is 0 Å². The zero-order valence-electron chi connectivity index (χ0n) is 11.1. The summed E-state index contributed by atoms with van der Waals surface area (Å²) in [6.07, 6.45) is 4.25. The zero-order chi connectivity index (χ0) is 13.0. The number of hydrogen-bond acceptors (Lipinski definition) is 3. The van der Waals surface area contributed by atoms with Gasteiger partial charge in [0.2, 0.25) is 0 Å². The van der Waals surface area contributed by atoms with Gasteiger partial charge in [0.25, 0.3) is 5.91 Å². The topological polar surface area (TPSA) is 54.0 Å². The van der Waals surface area contributed by atoms with Gasteiger partial charge in [-0.3, -0.25) is 4.79 Å². The van der Waals surface area contributed by atoms with E-state index in [1.165, 1.54) is 12.8 Å². The number of pyridine rings is 1. The van der Waals surface area contributed by atoms with E-state index in [1.807, 2.05) is 19.1 Å². The zero-order valence-corrected chi connectivity index (χ0v) is 11.1. The fraction of sp³-hybridized carbons (Fsp3) is 0.571. The van der Waals surface area contributed by atoms with Crippen molar-refractivity contribution in [2.24, 2.45) is 11.8 Å². The molecule has 1 aliphatic rings. The van der Waals surface area contributed by atoms with Crippen LogP contribution in [0.5, 0.6) is 0 Å². The maximum Gasteiger partial charge on any atom is 0.252 e. The summed E-state index contributed by atoms with van der Waals surface area (Å²) in [5, 5.41) is 6.08. The Morgan fingerprint density at radius 1 is 1.50 bits per heavy atom. The van der Waals surface area contributed by atoms with Crippen LogP contribution in [0.1, 0.15) is 37.0 Å². The van der Waals surface area contributed by atoms with Gasteiger partial charge in [-0.1, -0.05) is 6.92 Å². The summed E-state index contributed by atoms with van der Waals surface area (Å²) in [4.78, 5) is 16.1. The predicted octanol–water partition coefficient (Wildman–Crippen LogP) is 2.29. The van der Waals surface area contributed by atoms with E-state index in [-0.39, 0.29) is 5.91 Å². The number of amides is 1. The molecule has 4 heteroatoms. The molecule has 1 aliphatic carbocycles. The third-order valence-electron chi connectivity index (χ3n) is 3.39. The second-order valence-electron chi connectivity index (χ2n) is 4.99. The summed E-state index contributed by atoms with van der Waals surface area (Å²) in [5.74, 6) is 2.18. The highest BCUT2D eigenvalue weighted by atomic mass is 16.1. The molecule has 1 saturated carbocycles. The normalized spacial score (nSPS) is 16.1. The lowest BCUT2D eigenvalue weighted by Crippen LogP contribution is -2.29. The van der Waals surface area contributed by atoms with E-state index < -0.39 is 0 Å². The molecular weight excluding hydrogens is 226 g/mol. The minimum atomic E-state index is -0.0296. The number of nitrogens with one attached hydrogen (secondary N) is 2. The van der Waals surface area contributed by atoms with Gasteiger partial charge in [0.1, 0.15) is 5.82 Å². The average Bonchev–Trinajstić information content (AvgIpc) is 3.21.